The highest BCUT2D eigenvalue weighted by atomic mass is 14.9. The number of hydrogen-bond acceptors (Lipinski definition) is 2. The molecule has 0 saturated heterocycles. The van der Waals surface area contributed by atoms with Crippen molar-refractivity contribution in [1.82, 2.24) is 10.3 Å². The van der Waals surface area contributed by atoms with Crippen LogP contribution in [0.25, 0.3) is 0 Å². The number of allylic oxidation sites excluding steroid dienone is 1. The van der Waals surface area contributed by atoms with Gasteiger partial charge in [-0.15, -0.1) is 6.58 Å². The first kappa shape index (κ1) is 15.9. The molecule has 0 aliphatic rings. The molecule has 0 fully saturated rings. The van der Waals surface area contributed by atoms with Crippen molar-refractivity contribution in [2.24, 2.45) is 0 Å². The number of nitrogens with zero attached hydrogens (tertiary/aromatic N) is 1. The van der Waals surface area contributed by atoms with E-state index in [-0.39, 0.29) is 0 Å². The van der Waals surface area contributed by atoms with Gasteiger partial charge in [0, 0.05) is 11.7 Å². The molecular formula is C17H28N2. The molecule has 1 heterocycles. The van der Waals surface area contributed by atoms with Crippen molar-refractivity contribution in [3.8, 4) is 0 Å². The van der Waals surface area contributed by atoms with Gasteiger partial charge in [0.2, 0.25) is 0 Å². The Balaban J connectivity index is 2.49. The Morgan fingerprint density at radius 1 is 1.32 bits per heavy atom. The Bertz CT molecular complexity index is 360. The fourth-order valence-electron chi connectivity index (χ4n) is 2.25. The van der Waals surface area contributed by atoms with E-state index in [1.807, 2.05) is 6.08 Å². The van der Waals surface area contributed by atoms with Crippen molar-refractivity contribution in [3.63, 3.8) is 0 Å². The molecule has 1 rings (SSSR count). The average Bonchev–Trinajstić information content (AvgIpc) is 2.42. The van der Waals surface area contributed by atoms with Crippen LogP contribution in [0.15, 0.2) is 30.9 Å². The average molecular weight is 260 g/mol. The molecule has 0 radical (unpaired) electrons. The molecule has 1 aromatic rings. The summed E-state index contributed by atoms with van der Waals surface area (Å²) in [7, 11) is 0. The molecule has 0 amide bonds. The molecule has 0 aliphatic heterocycles. The fraction of sp³-hybridized carbons (Fsp3) is 0.588. The fourth-order valence-corrected chi connectivity index (χ4v) is 2.25. The summed E-state index contributed by atoms with van der Waals surface area (Å²) in [5.41, 5.74) is 2.30. The summed E-state index contributed by atoms with van der Waals surface area (Å²) < 4.78 is 0. The Morgan fingerprint density at radius 2 is 2.16 bits per heavy atom. The van der Waals surface area contributed by atoms with Crippen molar-refractivity contribution >= 4 is 0 Å². The second-order valence-electron chi connectivity index (χ2n) is 5.14. The Labute approximate surface area is 118 Å². The van der Waals surface area contributed by atoms with Gasteiger partial charge in [0.05, 0.1) is 5.69 Å². The van der Waals surface area contributed by atoms with Gasteiger partial charge in [-0.3, -0.25) is 4.98 Å². The number of unbranched alkanes of at least 4 members (excludes halogenated alkanes) is 3. The first-order chi connectivity index (χ1) is 9.27. The van der Waals surface area contributed by atoms with Crippen LogP contribution in [0.3, 0.4) is 0 Å². The van der Waals surface area contributed by atoms with E-state index in [0.29, 0.717) is 6.04 Å². The number of rotatable bonds is 10. The van der Waals surface area contributed by atoms with Crippen LogP contribution in [-0.4, -0.2) is 11.5 Å². The normalized spacial score (nSPS) is 12.3. The summed E-state index contributed by atoms with van der Waals surface area (Å²) in [5.74, 6) is 0. The monoisotopic (exact) mass is 260 g/mol. The summed E-state index contributed by atoms with van der Waals surface area (Å²) in [6.45, 7) is 9.10. The zero-order valence-electron chi connectivity index (χ0n) is 12.5. The van der Waals surface area contributed by atoms with Crippen LogP contribution in [0.5, 0.6) is 0 Å². The van der Waals surface area contributed by atoms with Gasteiger partial charge in [0.25, 0.3) is 0 Å². The first-order valence-electron chi connectivity index (χ1n) is 7.55. The third-order valence-electron chi connectivity index (χ3n) is 3.31. The molecule has 0 spiro atoms. The van der Waals surface area contributed by atoms with Gasteiger partial charge in [0.1, 0.15) is 0 Å². The van der Waals surface area contributed by atoms with Gasteiger partial charge < -0.3 is 5.32 Å². The molecule has 0 bridgehead atoms. The molecule has 106 valence electrons. The van der Waals surface area contributed by atoms with Crippen LogP contribution in [-0.2, 0) is 0 Å². The van der Waals surface area contributed by atoms with Gasteiger partial charge in [-0.2, -0.15) is 0 Å². The predicted molar refractivity (Wildman–Crippen MR) is 83.3 cm³/mol. The molecule has 1 aromatic heterocycles. The van der Waals surface area contributed by atoms with Crippen LogP contribution in [0.2, 0.25) is 0 Å². The van der Waals surface area contributed by atoms with E-state index in [1.54, 1.807) is 0 Å². The van der Waals surface area contributed by atoms with E-state index in [1.165, 1.54) is 37.8 Å². The largest absolute Gasteiger partial charge is 0.309 e. The number of aryl methyl sites for hydroxylation is 1. The lowest BCUT2D eigenvalue weighted by Crippen LogP contribution is -2.23. The van der Waals surface area contributed by atoms with Crippen LogP contribution in [0.4, 0.5) is 0 Å². The highest BCUT2D eigenvalue weighted by Crippen LogP contribution is 2.19. The minimum atomic E-state index is 0.406. The van der Waals surface area contributed by atoms with E-state index in [9.17, 15) is 0 Å². The van der Waals surface area contributed by atoms with Gasteiger partial charge in [-0.25, -0.2) is 0 Å². The van der Waals surface area contributed by atoms with E-state index < -0.39 is 0 Å². The number of hydrogen-bond donors (Lipinski definition) is 1. The topological polar surface area (TPSA) is 24.9 Å². The third kappa shape index (κ3) is 6.53. The molecule has 1 N–H and O–H groups in total. The second-order valence-corrected chi connectivity index (χ2v) is 5.14. The molecule has 1 unspecified atom stereocenters. The van der Waals surface area contributed by atoms with Gasteiger partial charge in [-0.1, -0.05) is 31.9 Å². The lowest BCUT2D eigenvalue weighted by Gasteiger charge is -2.18. The standard InChI is InChI=1S/C17H28N2/c1-4-6-7-8-9-12-16(18-14-5-2)17-13-10-11-15(3)19-17/h4,10-11,13,16,18H,1,5-9,12,14H2,2-3H3. The summed E-state index contributed by atoms with van der Waals surface area (Å²) in [5, 5.41) is 3.62. The minimum absolute atomic E-state index is 0.406. The first-order valence-corrected chi connectivity index (χ1v) is 7.55. The molecule has 2 nitrogen and oxygen atoms in total. The van der Waals surface area contributed by atoms with Gasteiger partial charge in [-0.05, 0) is 51.3 Å². The van der Waals surface area contributed by atoms with Crippen molar-refractivity contribution in [2.75, 3.05) is 6.54 Å². The Morgan fingerprint density at radius 3 is 2.84 bits per heavy atom. The summed E-state index contributed by atoms with van der Waals surface area (Å²) in [6.07, 6.45) is 9.27. The maximum atomic E-state index is 4.66. The molecule has 2 heteroatoms. The van der Waals surface area contributed by atoms with E-state index in [4.69, 9.17) is 0 Å². The molecular weight excluding hydrogens is 232 g/mol. The summed E-state index contributed by atoms with van der Waals surface area (Å²) >= 11 is 0. The number of pyridine rings is 1. The molecule has 0 saturated carbocycles. The molecule has 0 aliphatic carbocycles. The second kappa shape index (κ2) is 9.74. The van der Waals surface area contributed by atoms with E-state index in [0.717, 1.165) is 18.7 Å². The van der Waals surface area contributed by atoms with Crippen molar-refractivity contribution in [3.05, 3.63) is 42.2 Å². The lowest BCUT2D eigenvalue weighted by molar-refractivity contribution is 0.463. The highest BCUT2D eigenvalue weighted by Gasteiger charge is 2.11. The summed E-state index contributed by atoms with van der Waals surface area (Å²) in [4.78, 5) is 4.66. The van der Waals surface area contributed by atoms with Crippen molar-refractivity contribution in [1.29, 1.82) is 0 Å². The third-order valence-corrected chi connectivity index (χ3v) is 3.31. The van der Waals surface area contributed by atoms with Gasteiger partial charge in [0.15, 0.2) is 0 Å². The quantitative estimate of drug-likeness (QED) is 0.492. The van der Waals surface area contributed by atoms with Crippen LogP contribution < -0.4 is 5.32 Å². The predicted octanol–water partition coefficient (Wildman–Crippen LogP) is 4.57. The molecule has 19 heavy (non-hydrogen) atoms. The van der Waals surface area contributed by atoms with Crippen LogP contribution in [0.1, 0.15) is 62.9 Å². The molecule has 0 aromatic carbocycles. The lowest BCUT2D eigenvalue weighted by atomic mass is 10.0. The maximum Gasteiger partial charge on any atom is 0.0576 e. The highest BCUT2D eigenvalue weighted by molar-refractivity contribution is 5.13. The van der Waals surface area contributed by atoms with Crippen molar-refractivity contribution in [2.45, 2.75) is 58.4 Å². The zero-order valence-corrected chi connectivity index (χ0v) is 12.5. The zero-order chi connectivity index (χ0) is 13.9. The van der Waals surface area contributed by atoms with E-state index in [2.05, 4.69) is 48.9 Å². The maximum absolute atomic E-state index is 4.66. The smallest absolute Gasteiger partial charge is 0.0576 e. The SMILES string of the molecule is C=CCCCCCC(NCCC)c1cccc(C)n1. The van der Waals surface area contributed by atoms with E-state index >= 15 is 0 Å². The Kier molecular flexibility index (Phi) is 8.15. The molecule has 1 atom stereocenters. The van der Waals surface area contributed by atoms with Crippen molar-refractivity contribution < 1.29 is 0 Å². The minimum Gasteiger partial charge on any atom is -0.309 e. The van der Waals surface area contributed by atoms with Crippen LogP contribution >= 0.6 is 0 Å². The number of aromatic nitrogens is 1. The van der Waals surface area contributed by atoms with Gasteiger partial charge >= 0.3 is 0 Å². The van der Waals surface area contributed by atoms with Crippen LogP contribution in [0, 0.1) is 6.92 Å². The Hall–Kier alpha value is -1.15. The summed E-state index contributed by atoms with van der Waals surface area (Å²) in [6, 6.07) is 6.72. The number of nitrogens with one attached hydrogen (secondary N) is 1.